The second kappa shape index (κ2) is 6.65. The van der Waals surface area contributed by atoms with Crippen LogP contribution in [-0.4, -0.2) is 50.8 Å². The second-order valence-electron chi connectivity index (χ2n) is 6.34. The van der Waals surface area contributed by atoms with Crippen molar-refractivity contribution in [3.05, 3.63) is 28.2 Å². The summed E-state index contributed by atoms with van der Waals surface area (Å²) in [4.78, 5) is 2.23. The van der Waals surface area contributed by atoms with Gasteiger partial charge in [-0.3, -0.25) is 0 Å². The minimum absolute atomic E-state index is 0.125. The highest BCUT2D eigenvalue weighted by molar-refractivity contribution is 7.89. The Balaban J connectivity index is 2.35. The summed E-state index contributed by atoms with van der Waals surface area (Å²) in [5.74, 6) is 0.712. The van der Waals surface area contributed by atoms with Crippen LogP contribution in [0.3, 0.4) is 0 Å². The zero-order chi connectivity index (χ0) is 16.7. The molecule has 0 saturated carbocycles. The van der Waals surface area contributed by atoms with Crippen LogP contribution in [0.5, 0.6) is 0 Å². The van der Waals surface area contributed by atoms with Gasteiger partial charge in [0.15, 0.2) is 0 Å². The van der Waals surface area contributed by atoms with E-state index < -0.39 is 10.0 Å². The lowest BCUT2D eigenvalue weighted by Crippen LogP contribution is -2.37. The van der Waals surface area contributed by atoms with Gasteiger partial charge in [-0.15, -0.1) is 0 Å². The Morgan fingerprint density at radius 3 is 2.32 bits per heavy atom. The Morgan fingerprint density at radius 2 is 1.86 bits per heavy atom. The van der Waals surface area contributed by atoms with Crippen LogP contribution in [0.15, 0.2) is 23.1 Å². The molecule has 4 nitrogen and oxygen atoms in total. The molecule has 2 rings (SSSR count). The molecule has 0 aliphatic carbocycles. The first-order valence-electron chi connectivity index (χ1n) is 7.26. The molecule has 1 aromatic carbocycles. The van der Waals surface area contributed by atoms with Crippen LogP contribution < -0.4 is 0 Å². The van der Waals surface area contributed by atoms with E-state index in [-0.39, 0.29) is 16.0 Å². The van der Waals surface area contributed by atoms with E-state index in [4.69, 9.17) is 23.2 Å². The van der Waals surface area contributed by atoms with Crippen LogP contribution in [0.2, 0.25) is 10.0 Å². The first-order chi connectivity index (χ1) is 10.1. The molecule has 0 amide bonds. The Kier molecular flexibility index (Phi) is 5.45. The fraction of sp³-hybridized carbons (Fsp3) is 0.600. The van der Waals surface area contributed by atoms with E-state index in [1.54, 1.807) is 6.07 Å². The number of halogens is 2. The summed E-state index contributed by atoms with van der Waals surface area (Å²) in [6.45, 7) is 5.26. The van der Waals surface area contributed by atoms with Gasteiger partial charge >= 0.3 is 0 Å². The van der Waals surface area contributed by atoms with Crippen molar-refractivity contribution >= 4 is 33.2 Å². The first kappa shape index (κ1) is 18.0. The molecule has 0 radical (unpaired) electrons. The van der Waals surface area contributed by atoms with Gasteiger partial charge in [0.25, 0.3) is 0 Å². The average Bonchev–Trinajstić information content (AvgIpc) is 2.84. The second-order valence-corrected chi connectivity index (χ2v) is 9.09. The molecule has 1 fully saturated rings. The average molecular weight is 365 g/mol. The third kappa shape index (κ3) is 3.44. The van der Waals surface area contributed by atoms with Crippen molar-refractivity contribution in [2.24, 2.45) is 11.8 Å². The van der Waals surface area contributed by atoms with Gasteiger partial charge in [0.1, 0.15) is 4.90 Å². The van der Waals surface area contributed by atoms with E-state index in [9.17, 15) is 8.42 Å². The topological polar surface area (TPSA) is 40.6 Å². The summed E-state index contributed by atoms with van der Waals surface area (Å²) in [6, 6.07) is 4.71. The highest BCUT2D eigenvalue weighted by Crippen LogP contribution is 2.34. The van der Waals surface area contributed by atoms with Crippen molar-refractivity contribution in [2.45, 2.75) is 24.8 Å². The van der Waals surface area contributed by atoms with Crippen molar-refractivity contribution in [3.8, 4) is 0 Å². The zero-order valence-corrected chi connectivity index (χ0v) is 15.6. The minimum atomic E-state index is -3.60. The van der Waals surface area contributed by atoms with Crippen molar-refractivity contribution in [3.63, 3.8) is 0 Å². The van der Waals surface area contributed by atoms with E-state index >= 15 is 0 Å². The lowest BCUT2D eigenvalue weighted by atomic mass is 9.91. The summed E-state index contributed by atoms with van der Waals surface area (Å²) >= 11 is 11.9. The molecule has 124 valence electrons. The van der Waals surface area contributed by atoms with Gasteiger partial charge < -0.3 is 4.90 Å². The zero-order valence-electron chi connectivity index (χ0n) is 13.3. The maximum absolute atomic E-state index is 12.9. The predicted molar refractivity (Wildman–Crippen MR) is 91.0 cm³/mol. The van der Waals surface area contributed by atoms with E-state index in [1.807, 2.05) is 14.1 Å². The molecule has 1 aliphatic rings. The standard InChI is InChI=1S/C15H22Cl2N2O2S/c1-10(2)12-8-19(9-14(12)18(3)4)22(20,21)15-6-5-11(16)7-13(15)17/h5-7,10,12,14H,8-9H2,1-4H3/t12-,14+/m0/s1. The number of benzene rings is 1. The van der Waals surface area contributed by atoms with Crippen molar-refractivity contribution < 1.29 is 8.42 Å². The molecular formula is C15H22Cl2N2O2S. The molecule has 1 saturated heterocycles. The molecule has 0 spiro atoms. The number of hydrogen-bond acceptors (Lipinski definition) is 3. The molecule has 1 heterocycles. The van der Waals surface area contributed by atoms with E-state index in [0.717, 1.165) is 0 Å². The molecule has 22 heavy (non-hydrogen) atoms. The fourth-order valence-corrected chi connectivity index (χ4v) is 5.24. The number of sulfonamides is 1. The fourth-order valence-electron chi connectivity index (χ4n) is 3.00. The van der Waals surface area contributed by atoms with Gasteiger partial charge in [-0.2, -0.15) is 4.31 Å². The van der Waals surface area contributed by atoms with Gasteiger partial charge in [-0.25, -0.2) is 8.42 Å². The summed E-state index contributed by atoms with van der Waals surface area (Å²) in [6.07, 6.45) is 0. The van der Waals surface area contributed by atoms with Gasteiger partial charge in [0.05, 0.1) is 5.02 Å². The highest BCUT2D eigenvalue weighted by Gasteiger charge is 2.41. The maximum Gasteiger partial charge on any atom is 0.244 e. The normalized spacial score (nSPS) is 23.6. The minimum Gasteiger partial charge on any atom is -0.305 e. The van der Waals surface area contributed by atoms with Crippen LogP contribution in [0.4, 0.5) is 0 Å². The number of likely N-dealkylation sites (N-methyl/N-ethyl adjacent to an activating group) is 1. The van der Waals surface area contributed by atoms with Crippen molar-refractivity contribution in [2.75, 3.05) is 27.2 Å². The molecule has 0 unspecified atom stereocenters. The summed E-state index contributed by atoms with van der Waals surface area (Å²) < 4.78 is 27.3. The van der Waals surface area contributed by atoms with Crippen molar-refractivity contribution in [1.29, 1.82) is 0 Å². The molecule has 7 heteroatoms. The Bertz CT molecular complexity index is 631. The van der Waals surface area contributed by atoms with Crippen LogP contribution in [-0.2, 0) is 10.0 Å². The van der Waals surface area contributed by atoms with Gasteiger partial charge in [-0.05, 0) is 44.1 Å². The molecule has 0 bridgehead atoms. The van der Waals surface area contributed by atoms with E-state index in [0.29, 0.717) is 29.9 Å². The molecule has 2 atom stereocenters. The van der Waals surface area contributed by atoms with Crippen LogP contribution in [0.25, 0.3) is 0 Å². The molecule has 0 N–H and O–H groups in total. The smallest absolute Gasteiger partial charge is 0.244 e. The quantitative estimate of drug-likeness (QED) is 0.823. The number of nitrogens with zero attached hydrogens (tertiary/aromatic N) is 2. The molecule has 0 aromatic heterocycles. The molecular weight excluding hydrogens is 343 g/mol. The van der Waals surface area contributed by atoms with Gasteiger partial charge in [0.2, 0.25) is 10.0 Å². The third-order valence-electron chi connectivity index (χ3n) is 4.33. The summed E-state index contributed by atoms with van der Waals surface area (Å²) in [7, 11) is 0.380. The van der Waals surface area contributed by atoms with Crippen molar-refractivity contribution in [1.82, 2.24) is 9.21 Å². The van der Waals surface area contributed by atoms with Crippen LogP contribution >= 0.6 is 23.2 Å². The Morgan fingerprint density at radius 1 is 1.23 bits per heavy atom. The summed E-state index contributed by atoms with van der Waals surface area (Å²) in [5, 5.41) is 0.596. The third-order valence-corrected chi connectivity index (χ3v) is 6.88. The van der Waals surface area contributed by atoms with Gasteiger partial charge in [-0.1, -0.05) is 37.0 Å². The Labute approximate surface area is 143 Å². The summed E-state index contributed by atoms with van der Waals surface area (Å²) in [5.41, 5.74) is 0. The lowest BCUT2D eigenvalue weighted by molar-refractivity contribution is 0.216. The van der Waals surface area contributed by atoms with Crippen LogP contribution in [0, 0.1) is 11.8 Å². The largest absolute Gasteiger partial charge is 0.305 e. The lowest BCUT2D eigenvalue weighted by Gasteiger charge is -2.27. The highest BCUT2D eigenvalue weighted by atomic mass is 35.5. The SMILES string of the molecule is CC(C)[C@@H]1CN(S(=O)(=O)c2ccc(Cl)cc2Cl)C[C@H]1N(C)C. The first-order valence-corrected chi connectivity index (χ1v) is 9.45. The van der Waals surface area contributed by atoms with E-state index in [1.165, 1.54) is 16.4 Å². The molecule has 1 aromatic rings. The number of rotatable bonds is 4. The Hall–Kier alpha value is -0.330. The molecule has 1 aliphatic heterocycles. The van der Waals surface area contributed by atoms with E-state index in [2.05, 4.69) is 18.7 Å². The number of hydrogen-bond donors (Lipinski definition) is 0. The monoisotopic (exact) mass is 364 g/mol. The predicted octanol–water partition coefficient (Wildman–Crippen LogP) is 3.20. The maximum atomic E-state index is 12.9. The van der Waals surface area contributed by atoms with Crippen LogP contribution in [0.1, 0.15) is 13.8 Å². The van der Waals surface area contributed by atoms with Gasteiger partial charge in [0, 0.05) is 24.2 Å².